The third-order valence-corrected chi connectivity index (χ3v) is 1.44. The monoisotopic (exact) mass is 161 g/mol. The summed E-state index contributed by atoms with van der Waals surface area (Å²) in [4.78, 5) is 10.7. The molecule has 0 aromatic carbocycles. The largest absolute Gasteiger partial charge is 0.444 e. The summed E-state index contributed by atoms with van der Waals surface area (Å²) >= 11 is 0. The molecule has 0 aliphatic heterocycles. The van der Waals surface area contributed by atoms with Crippen molar-refractivity contribution in [2.45, 2.75) is 32.8 Å². The first-order valence-electron chi connectivity index (χ1n) is 3.59. The predicted octanol–water partition coefficient (Wildman–Crippen LogP) is 0.851. The van der Waals surface area contributed by atoms with Crippen LogP contribution in [0, 0.1) is 0 Å². The quantitative estimate of drug-likeness (QED) is 0.603. The second-order valence-corrected chi connectivity index (χ2v) is 2.84. The number of hydrogen-bond donors (Lipinski definition) is 2. The summed E-state index contributed by atoms with van der Waals surface area (Å²) in [5.41, 5.74) is -0.459. The van der Waals surface area contributed by atoms with E-state index in [-0.39, 0.29) is 0 Å². The van der Waals surface area contributed by atoms with Gasteiger partial charge in [-0.3, -0.25) is 5.32 Å². The first kappa shape index (κ1) is 10.2. The molecule has 2 N–H and O–H groups in total. The van der Waals surface area contributed by atoms with Gasteiger partial charge in [-0.15, -0.1) is 0 Å². The maximum atomic E-state index is 10.7. The number of aliphatic hydroxyl groups is 1. The van der Waals surface area contributed by atoms with E-state index >= 15 is 0 Å². The van der Waals surface area contributed by atoms with E-state index in [2.05, 4.69) is 5.32 Å². The molecule has 0 radical (unpaired) electrons. The third kappa shape index (κ3) is 4.61. The summed E-state index contributed by atoms with van der Waals surface area (Å²) in [6.07, 6.45) is 0.158. The van der Waals surface area contributed by atoms with Crippen molar-refractivity contribution >= 4 is 6.09 Å². The Kier molecular flexibility index (Phi) is 3.89. The van der Waals surface area contributed by atoms with Crippen LogP contribution in [0.2, 0.25) is 0 Å². The van der Waals surface area contributed by atoms with Crippen LogP contribution < -0.4 is 5.32 Å². The van der Waals surface area contributed by atoms with Gasteiger partial charge in [0.15, 0.2) is 0 Å². The van der Waals surface area contributed by atoms with Crippen LogP contribution in [0.4, 0.5) is 4.79 Å². The van der Waals surface area contributed by atoms with Crippen LogP contribution in [0.1, 0.15) is 27.2 Å². The number of carbonyl (C=O) groups is 1. The second-order valence-electron chi connectivity index (χ2n) is 2.84. The molecule has 0 bridgehead atoms. The van der Waals surface area contributed by atoms with E-state index in [0.29, 0.717) is 0 Å². The molecule has 0 aliphatic rings. The molecule has 0 spiro atoms. The molecule has 66 valence electrons. The van der Waals surface area contributed by atoms with Gasteiger partial charge in [0.2, 0.25) is 0 Å². The van der Waals surface area contributed by atoms with Crippen LogP contribution in [0.15, 0.2) is 0 Å². The molecule has 0 saturated heterocycles. The fourth-order valence-corrected chi connectivity index (χ4v) is 0.424. The van der Waals surface area contributed by atoms with Crippen LogP contribution in [-0.4, -0.2) is 23.5 Å². The summed E-state index contributed by atoms with van der Waals surface area (Å²) in [6.45, 7) is 5.15. The Morgan fingerprint density at radius 1 is 1.64 bits per heavy atom. The van der Waals surface area contributed by atoms with Gasteiger partial charge in [-0.1, -0.05) is 6.92 Å². The number of hydrogen-bond acceptors (Lipinski definition) is 3. The average molecular weight is 161 g/mol. The number of nitrogens with one attached hydrogen (secondary N) is 1. The maximum Gasteiger partial charge on any atom is 0.409 e. The lowest BCUT2D eigenvalue weighted by molar-refractivity contribution is 0.0319. The first-order chi connectivity index (χ1) is 5.02. The minimum absolute atomic E-state index is 0.390. The fraction of sp³-hybridized carbons (Fsp3) is 0.857. The SMILES string of the molecule is CCC(C)(C)OC(=O)NCO. The first-order valence-corrected chi connectivity index (χ1v) is 3.59. The van der Waals surface area contributed by atoms with Crippen LogP contribution in [0.25, 0.3) is 0 Å². The van der Waals surface area contributed by atoms with Gasteiger partial charge in [-0.25, -0.2) is 4.79 Å². The smallest absolute Gasteiger partial charge is 0.409 e. The van der Waals surface area contributed by atoms with E-state index in [9.17, 15) is 4.79 Å². The number of ether oxygens (including phenoxy) is 1. The highest BCUT2D eigenvalue weighted by molar-refractivity contribution is 5.67. The normalized spacial score (nSPS) is 10.9. The summed E-state index contributed by atoms with van der Waals surface area (Å²) in [5.74, 6) is 0. The predicted molar refractivity (Wildman–Crippen MR) is 41.1 cm³/mol. The van der Waals surface area contributed by atoms with E-state index in [4.69, 9.17) is 9.84 Å². The zero-order valence-corrected chi connectivity index (χ0v) is 7.18. The summed E-state index contributed by atoms with van der Waals surface area (Å²) in [5, 5.41) is 10.4. The van der Waals surface area contributed by atoms with Crippen molar-refractivity contribution in [1.29, 1.82) is 0 Å². The van der Waals surface area contributed by atoms with Crippen molar-refractivity contribution in [2.24, 2.45) is 0 Å². The van der Waals surface area contributed by atoms with Crippen molar-refractivity contribution in [2.75, 3.05) is 6.73 Å². The molecule has 1 amide bonds. The molecule has 4 heteroatoms. The van der Waals surface area contributed by atoms with Gasteiger partial charge in [0.05, 0.1) is 0 Å². The summed E-state index contributed by atoms with van der Waals surface area (Å²) in [7, 11) is 0. The lowest BCUT2D eigenvalue weighted by Crippen LogP contribution is -2.34. The highest BCUT2D eigenvalue weighted by atomic mass is 16.6. The van der Waals surface area contributed by atoms with Gasteiger partial charge < -0.3 is 9.84 Å². The molecule has 0 fully saturated rings. The second kappa shape index (κ2) is 4.18. The number of alkyl carbamates (subject to hydrolysis) is 1. The minimum Gasteiger partial charge on any atom is -0.444 e. The zero-order valence-electron chi connectivity index (χ0n) is 7.18. The van der Waals surface area contributed by atoms with Crippen LogP contribution in [0.5, 0.6) is 0 Å². The molecule has 0 aliphatic carbocycles. The van der Waals surface area contributed by atoms with Crippen LogP contribution in [-0.2, 0) is 4.74 Å². The van der Waals surface area contributed by atoms with E-state index in [1.807, 2.05) is 20.8 Å². The van der Waals surface area contributed by atoms with Crippen molar-refractivity contribution in [3.8, 4) is 0 Å². The van der Waals surface area contributed by atoms with Gasteiger partial charge in [-0.05, 0) is 20.3 Å². The van der Waals surface area contributed by atoms with Crippen molar-refractivity contribution < 1.29 is 14.6 Å². The molecule has 4 nitrogen and oxygen atoms in total. The lowest BCUT2D eigenvalue weighted by atomic mass is 10.1. The molecule has 0 aromatic rings. The number of rotatable bonds is 3. The molecule has 0 unspecified atom stereocenters. The zero-order chi connectivity index (χ0) is 8.91. The Morgan fingerprint density at radius 3 is 2.55 bits per heavy atom. The van der Waals surface area contributed by atoms with Gasteiger partial charge in [-0.2, -0.15) is 0 Å². The van der Waals surface area contributed by atoms with E-state index in [1.165, 1.54) is 0 Å². The van der Waals surface area contributed by atoms with Crippen molar-refractivity contribution in [1.82, 2.24) is 5.32 Å². The minimum atomic E-state index is -0.584. The van der Waals surface area contributed by atoms with E-state index in [1.54, 1.807) is 0 Å². The van der Waals surface area contributed by atoms with Crippen molar-refractivity contribution in [3.63, 3.8) is 0 Å². The maximum absolute atomic E-state index is 10.7. The van der Waals surface area contributed by atoms with Gasteiger partial charge in [0.1, 0.15) is 12.3 Å². The summed E-state index contributed by atoms with van der Waals surface area (Å²) < 4.78 is 4.92. The molecule has 0 aromatic heterocycles. The Labute approximate surface area is 66.5 Å². The number of carbonyl (C=O) groups excluding carboxylic acids is 1. The molecule has 11 heavy (non-hydrogen) atoms. The van der Waals surface area contributed by atoms with E-state index in [0.717, 1.165) is 6.42 Å². The third-order valence-electron chi connectivity index (χ3n) is 1.44. The Balaban J connectivity index is 3.74. The standard InChI is InChI=1S/C7H15NO3/c1-4-7(2,3)11-6(10)8-5-9/h9H,4-5H2,1-3H3,(H,8,10). The van der Waals surface area contributed by atoms with Gasteiger partial charge in [0.25, 0.3) is 0 Å². The number of amides is 1. The van der Waals surface area contributed by atoms with Crippen LogP contribution in [0.3, 0.4) is 0 Å². The topological polar surface area (TPSA) is 58.6 Å². The molecule has 0 atom stereocenters. The average Bonchev–Trinajstić information content (AvgIpc) is 1.87. The number of aliphatic hydroxyl groups excluding tert-OH is 1. The van der Waals surface area contributed by atoms with E-state index < -0.39 is 18.4 Å². The molecular weight excluding hydrogens is 146 g/mol. The molecule has 0 saturated carbocycles. The summed E-state index contributed by atoms with van der Waals surface area (Å²) in [6, 6.07) is 0. The Morgan fingerprint density at radius 2 is 2.18 bits per heavy atom. The van der Waals surface area contributed by atoms with Gasteiger partial charge in [0, 0.05) is 0 Å². The molecule has 0 rings (SSSR count). The van der Waals surface area contributed by atoms with Crippen LogP contribution >= 0.6 is 0 Å². The fourth-order valence-electron chi connectivity index (χ4n) is 0.424. The Hall–Kier alpha value is -0.770. The Bertz CT molecular complexity index is 134. The molecular formula is C7H15NO3. The highest BCUT2D eigenvalue weighted by Gasteiger charge is 2.19. The van der Waals surface area contributed by atoms with Crippen molar-refractivity contribution in [3.05, 3.63) is 0 Å². The lowest BCUT2D eigenvalue weighted by Gasteiger charge is -2.22. The molecule has 0 heterocycles. The highest BCUT2D eigenvalue weighted by Crippen LogP contribution is 2.12. The van der Waals surface area contributed by atoms with Gasteiger partial charge >= 0.3 is 6.09 Å².